The van der Waals surface area contributed by atoms with E-state index >= 15 is 0 Å². The van der Waals surface area contributed by atoms with E-state index in [0.717, 1.165) is 0 Å². The summed E-state index contributed by atoms with van der Waals surface area (Å²) in [7, 11) is 1.57. The van der Waals surface area contributed by atoms with Crippen molar-refractivity contribution in [2.75, 3.05) is 0 Å². The zero-order valence-corrected chi connectivity index (χ0v) is 9.25. The number of carbonyl (C=O) groups is 1. The zero-order valence-electron chi connectivity index (χ0n) is 7.66. The Morgan fingerprint density at radius 2 is 2.27 bits per heavy atom. The van der Waals surface area contributed by atoms with Gasteiger partial charge in [-0.15, -0.1) is 0 Å². The van der Waals surface area contributed by atoms with Gasteiger partial charge >= 0.3 is 5.97 Å². The number of halogens is 2. The van der Waals surface area contributed by atoms with Gasteiger partial charge in [0.2, 0.25) is 0 Å². The lowest BCUT2D eigenvalue weighted by molar-refractivity contribution is 0.0691. The highest BCUT2D eigenvalue weighted by Gasteiger charge is 2.20. The van der Waals surface area contributed by atoms with Gasteiger partial charge < -0.3 is 5.11 Å². The van der Waals surface area contributed by atoms with Gasteiger partial charge in [-0.3, -0.25) is 4.68 Å². The van der Waals surface area contributed by atoms with Crippen molar-refractivity contribution in [3.63, 3.8) is 0 Å². The molecule has 0 fully saturated rings. The molecule has 2 rings (SSSR count). The second-order valence-corrected chi connectivity index (χ2v) is 3.88. The second kappa shape index (κ2) is 3.30. The summed E-state index contributed by atoms with van der Waals surface area (Å²) in [6.45, 7) is 0. The number of rotatable bonds is 1. The molecule has 0 aliphatic carbocycles. The van der Waals surface area contributed by atoms with E-state index in [0.29, 0.717) is 9.99 Å². The predicted octanol–water partition coefficient (Wildman–Crippen LogP) is 2.17. The van der Waals surface area contributed by atoms with Crippen LogP contribution in [0.25, 0.3) is 10.9 Å². The van der Waals surface area contributed by atoms with Crippen LogP contribution in [0.2, 0.25) is 0 Å². The van der Waals surface area contributed by atoms with Crippen molar-refractivity contribution < 1.29 is 14.3 Å². The molecule has 0 aliphatic heterocycles. The Bertz CT molecular complexity index is 565. The number of aromatic carboxylic acids is 1. The van der Waals surface area contributed by atoms with Crippen LogP contribution in [0, 0.1) is 5.82 Å². The van der Waals surface area contributed by atoms with Crippen LogP contribution in [0.1, 0.15) is 10.5 Å². The van der Waals surface area contributed by atoms with Gasteiger partial charge in [0.15, 0.2) is 5.69 Å². The fourth-order valence-electron chi connectivity index (χ4n) is 1.48. The summed E-state index contributed by atoms with van der Waals surface area (Å²) in [4.78, 5) is 10.8. The summed E-state index contributed by atoms with van der Waals surface area (Å²) in [6, 6.07) is 2.73. The maximum Gasteiger partial charge on any atom is 0.357 e. The molecule has 0 aliphatic rings. The fraction of sp³-hybridized carbons (Fsp3) is 0.111. The molecule has 0 unspecified atom stereocenters. The zero-order chi connectivity index (χ0) is 11.2. The van der Waals surface area contributed by atoms with Gasteiger partial charge in [0.1, 0.15) is 5.82 Å². The molecule has 15 heavy (non-hydrogen) atoms. The van der Waals surface area contributed by atoms with E-state index in [9.17, 15) is 9.18 Å². The summed E-state index contributed by atoms with van der Waals surface area (Å²) < 4.78 is 15.4. The Balaban J connectivity index is 2.98. The normalized spacial score (nSPS) is 10.9. The summed E-state index contributed by atoms with van der Waals surface area (Å²) >= 11 is 3.22. The number of hydrogen-bond donors (Lipinski definition) is 1. The summed E-state index contributed by atoms with van der Waals surface area (Å²) in [5, 5.41) is 12.6. The molecule has 1 aromatic carbocycles. The third-order valence-electron chi connectivity index (χ3n) is 2.09. The topological polar surface area (TPSA) is 55.1 Å². The van der Waals surface area contributed by atoms with Gasteiger partial charge in [0.05, 0.1) is 10.9 Å². The molecular weight excluding hydrogens is 267 g/mol. The van der Waals surface area contributed by atoms with E-state index in [-0.39, 0.29) is 11.1 Å². The number of aromatic nitrogens is 2. The molecule has 0 saturated carbocycles. The summed E-state index contributed by atoms with van der Waals surface area (Å²) in [6.07, 6.45) is 0. The van der Waals surface area contributed by atoms with E-state index in [1.807, 2.05) is 0 Å². The lowest BCUT2D eigenvalue weighted by Crippen LogP contribution is -1.99. The Morgan fingerprint density at radius 1 is 1.60 bits per heavy atom. The van der Waals surface area contributed by atoms with Crippen LogP contribution in [0.15, 0.2) is 16.6 Å². The first-order chi connectivity index (χ1) is 7.02. The quantitative estimate of drug-likeness (QED) is 0.866. The lowest BCUT2D eigenvalue weighted by Gasteiger charge is -1.97. The first-order valence-corrected chi connectivity index (χ1v) is 4.85. The smallest absolute Gasteiger partial charge is 0.357 e. The number of fused-ring (bicyclic) bond motifs is 1. The van der Waals surface area contributed by atoms with Gasteiger partial charge in [-0.1, -0.05) is 0 Å². The van der Waals surface area contributed by atoms with E-state index < -0.39 is 11.8 Å². The molecular formula is C9H6BrFN2O2. The molecule has 0 bridgehead atoms. The SMILES string of the molecule is Cn1nc(C(=O)O)c2c(F)ccc(Br)c21. The van der Waals surface area contributed by atoms with Crippen LogP contribution >= 0.6 is 15.9 Å². The number of carboxylic acid groups (broad SMARTS) is 1. The van der Waals surface area contributed by atoms with Crippen molar-refractivity contribution in [1.82, 2.24) is 9.78 Å². The van der Waals surface area contributed by atoms with E-state index in [4.69, 9.17) is 5.11 Å². The summed E-state index contributed by atoms with van der Waals surface area (Å²) in [5.74, 6) is -1.82. The summed E-state index contributed by atoms with van der Waals surface area (Å²) in [5.41, 5.74) is 0.165. The van der Waals surface area contributed by atoms with Crippen LogP contribution in [0.3, 0.4) is 0 Å². The number of nitrogens with zero attached hydrogens (tertiary/aromatic N) is 2. The van der Waals surface area contributed by atoms with Crippen LogP contribution < -0.4 is 0 Å². The molecule has 78 valence electrons. The Labute approximate surface area is 92.4 Å². The van der Waals surface area contributed by atoms with Gasteiger partial charge in [-0.25, -0.2) is 9.18 Å². The Kier molecular flexibility index (Phi) is 2.22. The Morgan fingerprint density at radius 3 is 2.87 bits per heavy atom. The van der Waals surface area contributed by atoms with Crippen molar-refractivity contribution in [3.8, 4) is 0 Å². The van der Waals surface area contributed by atoms with Crippen LogP contribution in [0.4, 0.5) is 4.39 Å². The average molecular weight is 273 g/mol. The minimum absolute atomic E-state index is 0.0272. The van der Waals surface area contributed by atoms with E-state index in [2.05, 4.69) is 21.0 Å². The van der Waals surface area contributed by atoms with Gasteiger partial charge in [-0.05, 0) is 28.1 Å². The Hall–Kier alpha value is -1.43. The van der Waals surface area contributed by atoms with E-state index in [1.165, 1.54) is 16.8 Å². The van der Waals surface area contributed by atoms with Crippen molar-refractivity contribution >= 4 is 32.8 Å². The molecule has 4 nitrogen and oxygen atoms in total. The molecule has 1 aromatic heterocycles. The standard InChI is InChI=1S/C9H6BrFN2O2/c1-13-8-4(10)2-3-5(11)6(8)7(12-13)9(14)15/h2-3H,1H3,(H,14,15). The van der Waals surface area contributed by atoms with Gasteiger partial charge in [0.25, 0.3) is 0 Å². The largest absolute Gasteiger partial charge is 0.476 e. The number of carboxylic acids is 1. The van der Waals surface area contributed by atoms with Crippen molar-refractivity contribution in [3.05, 3.63) is 28.1 Å². The second-order valence-electron chi connectivity index (χ2n) is 3.03. The molecule has 2 aromatic rings. The van der Waals surface area contributed by atoms with Crippen molar-refractivity contribution in [1.29, 1.82) is 0 Å². The molecule has 0 radical (unpaired) electrons. The lowest BCUT2D eigenvalue weighted by atomic mass is 10.2. The molecule has 6 heteroatoms. The highest BCUT2D eigenvalue weighted by atomic mass is 79.9. The van der Waals surface area contributed by atoms with Gasteiger partial charge in [0, 0.05) is 11.5 Å². The van der Waals surface area contributed by atoms with Crippen LogP contribution in [-0.2, 0) is 7.05 Å². The minimum atomic E-state index is -1.24. The van der Waals surface area contributed by atoms with Gasteiger partial charge in [-0.2, -0.15) is 5.10 Å². The molecule has 1 N–H and O–H groups in total. The van der Waals surface area contributed by atoms with Crippen LogP contribution in [0.5, 0.6) is 0 Å². The number of hydrogen-bond acceptors (Lipinski definition) is 2. The molecule has 1 heterocycles. The molecule has 0 atom stereocenters. The monoisotopic (exact) mass is 272 g/mol. The van der Waals surface area contributed by atoms with Crippen molar-refractivity contribution in [2.24, 2.45) is 7.05 Å². The number of aryl methyl sites for hydroxylation is 1. The third-order valence-corrected chi connectivity index (χ3v) is 2.73. The average Bonchev–Trinajstić information content (AvgIpc) is 2.51. The first-order valence-electron chi connectivity index (χ1n) is 4.06. The van der Waals surface area contributed by atoms with Crippen molar-refractivity contribution in [2.45, 2.75) is 0 Å². The molecule has 0 saturated heterocycles. The molecule has 0 amide bonds. The molecule has 0 spiro atoms. The fourth-order valence-corrected chi connectivity index (χ4v) is 2.07. The highest BCUT2D eigenvalue weighted by molar-refractivity contribution is 9.10. The maximum atomic E-state index is 13.5. The number of benzene rings is 1. The van der Waals surface area contributed by atoms with E-state index in [1.54, 1.807) is 7.05 Å². The maximum absolute atomic E-state index is 13.5. The first kappa shape index (κ1) is 10.1. The minimum Gasteiger partial charge on any atom is -0.476 e. The third kappa shape index (κ3) is 1.41. The predicted molar refractivity (Wildman–Crippen MR) is 55.3 cm³/mol. The van der Waals surface area contributed by atoms with Crippen LogP contribution in [-0.4, -0.2) is 20.9 Å². The highest BCUT2D eigenvalue weighted by Crippen LogP contribution is 2.28.